The first-order valence-corrected chi connectivity index (χ1v) is 8.28. The summed E-state index contributed by atoms with van der Waals surface area (Å²) >= 11 is 0. The molecule has 1 aromatic carbocycles. The van der Waals surface area contributed by atoms with Gasteiger partial charge in [0, 0.05) is 30.7 Å². The zero-order valence-corrected chi connectivity index (χ0v) is 15.1. The van der Waals surface area contributed by atoms with Crippen LogP contribution in [0, 0.1) is 25.2 Å². The molecule has 0 fully saturated rings. The van der Waals surface area contributed by atoms with Crippen molar-refractivity contribution in [3.8, 4) is 11.8 Å². The summed E-state index contributed by atoms with van der Waals surface area (Å²) in [6, 6.07) is 12.5. The lowest BCUT2D eigenvalue weighted by Crippen LogP contribution is -2.27. The summed E-state index contributed by atoms with van der Waals surface area (Å²) < 4.78 is 2.11. The molecular formula is C20H25N3O. The number of rotatable bonds is 5. The van der Waals surface area contributed by atoms with Crippen LogP contribution in [0.4, 0.5) is 0 Å². The number of carbonyl (C=O) groups excluding carboxylic acids is 1. The fourth-order valence-electron chi connectivity index (χ4n) is 2.91. The minimum atomic E-state index is -0.0385. The third-order valence-corrected chi connectivity index (χ3v) is 4.39. The Labute approximate surface area is 144 Å². The van der Waals surface area contributed by atoms with Gasteiger partial charge in [0.25, 0.3) is 5.91 Å². The highest BCUT2D eigenvalue weighted by Gasteiger charge is 2.19. The molecule has 1 amide bonds. The first kappa shape index (κ1) is 17.8. The molecule has 24 heavy (non-hydrogen) atoms. The van der Waals surface area contributed by atoms with Gasteiger partial charge in [-0.2, -0.15) is 5.26 Å². The molecule has 0 N–H and O–H groups in total. The molecule has 2 rings (SSSR count). The van der Waals surface area contributed by atoms with Crippen molar-refractivity contribution in [2.75, 3.05) is 13.6 Å². The number of amides is 1. The van der Waals surface area contributed by atoms with E-state index in [-0.39, 0.29) is 5.91 Å². The van der Waals surface area contributed by atoms with Crippen LogP contribution in [0.15, 0.2) is 30.3 Å². The van der Waals surface area contributed by atoms with Gasteiger partial charge in [0.15, 0.2) is 0 Å². The number of carbonyl (C=O) groups is 1. The summed E-state index contributed by atoms with van der Waals surface area (Å²) in [6.45, 7) is 8.77. The van der Waals surface area contributed by atoms with Crippen LogP contribution in [-0.4, -0.2) is 29.0 Å². The van der Waals surface area contributed by atoms with Gasteiger partial charge < -0.3 is 9.47 Å². The van der Waals surface area contributed by atoms with Crippen molar-refractivity contribution in [3.63, 3.8) is 0 Å². The minimum Gasteiger partial charge on any atom is -0.341 e. The third-order valence-electron chi connectivity index (χ3n) is 4.39. The summed E-state index contributed by atoms with van der Waals surface area (Å²) in [4.78, 5) is 14.2. The van der Waals surface area contributed by atoms with Gasteiger partial charge in [0.05, 0.1) is 18.1 Å². The Kier molecular flexibility index (Phi) is 5.46. The minimum absolute atomic E-state index is 0.0385. The zero-order chi connectivity index (χ0) is 17.9. The normalized spacial score (nSPS) is 10.7. The summed E-state index contributed by atoms with van der Waals surface area (Å²) in [5, 5.41) is 8.69. The maximum Gasteiger partial charge on any atom is 0.255 e. The highest BCUT2D eigenvalue weighted by atomic mass is 16.2. The number of aryl methyl sites for hydroxylation is 1. The van der Waals surface area contributed by atoms with Crippen molar-refractivity contribution in [2.24, 2.45) is 0 Å². The van der Waals surface area contributed by atoms with Crippen LogP contribution in [0.2, 0.25) is 0 Å². The second-order valence-electron chi connectivity index (χ2n) is 6.50. The Bertz CT molecular complexity index is 763. The molecule has 4 nitrogen and oxygen atoms in total. The lowest BCUT2D eigenvalue weighted by atomic mass is 10.0. The molecule has 0 radical (unpaired) electrons. The molecule has 2 aromatic rings. The number of benzene rings is 1. The number of nitrogens with zero attached hydrogens (tertiary/aromatic N) is 3. The van der Waals surface area contributed by atoms with E-state index in [9.17, 15) is 4.79 Å². The van der Waals surface area contributed by atoms with E-state index in [0.717, 1.165) is 17.1 Å². The molecule has 0 unspecified atom stereocenters. The first-order chi connectivity index (χ1) is 11.4. The molecule has 0 spiro atoms. The molecule has 0 aliphatic carbocycles. The van der Waals surface area contributed by atoms with E-state index in [1.807, 2.05) is 19.9 Å². The molecule has 0 bridgehead atoms. The summed E-state index contributed by atoms with van der Waals surface area (Å²) in [6.07, 6.45) is 0.345. The van der Waals surface area contributed by atoms with E-state index in [2.05, 4.69) is 48.7 Å². The molecule has 126 valence electrons. The zero-order valence-electron chi connectivity index (χ0n) is 15.1. The van der Waals surface area contributed by atoms with Gasteiger partial charge >= 0.3 is 0 Å². The van der Waals surface area contributed by atoms with Gasteiger partial charge in [-0.3, -0.25) is 4.79 Å². The number of hydrogen-bond acceptors (Lipinski definition) is 2. The van der Waals surface area contributed by atoms with Crippen LogP contribution in [0.1, 0.15) is 53.5 Å². The monoisotopic (exact) mass is 323 g/mol. The molecule has 1 heterocycles. The molecule has 0 aliphatic heterocycles. The maximum atomic E-state index is 12.6. The quantitative estimate of drug-likeness (QED) is 0.828. The summed E-state index contributed by atoms with van der Waals surface area (Å²) in [5.74, 6) is 0.459. The number of hydrogen-bond donors (Lipinski definition) is 0. The van der Waals surface area contributed by atoms with Crippen molar-refractivity contribution in [1.29, 1.82) is 5.26 Å². The average Bonchev–Trinajstić information content (AvgIpc) is 2.86. The van der Waals surface area contributed by atoms with Gasteiger partial charge in [-0.25, -0.2) is 0 Å². The molecule has 1 aromatic heterocycles. The molecule has 0 saturated heterocycles. The largest absolute Gasteiger partial charge is 0.341 e. The van der Waals surface area contributed by atoms with E-state index < -0.39 is 0 Å². The summed E-state index contributed by atoms with van der Waals surface area (Å²) in [7, 11) is 1.74. The van der Waals surface area contributed by atoms with Crippen LogP contribution >= 0.6 is 0 Å². The Morgan fingerprint density at radius 3 is 2.42 bits per heavy atom. The Morgan fingerprint density at radius 2 is 1.88 bits per heavy atom. The summed E-state index contributed by atoms with van der Waals surface area (Å²) in [5.41, 5.74) is 5.02. The van der Waals surface area contributed by atoms with E-state index in [1.54, 1.807) is 11.9 Å². The Morgan fingerprint density at radius 1 is 1.25 bits per heavy atom. The lowest BCUT2D eigenvalue weighted by molar-refractivity contribution is 0.0797. The first-order valence-electron chi connectivity index (χ1n) is 8.28. The molecular weight excluding hydrogens is 298 g/mol. The number of aromatic nitrogens is 1. The van der Waals surface area contributed by atoms with Crippen molar-refractivity contribution in [1.82, 2.24) is 9.47 Å². The number of nitriles is 1. The van der Waals surface area contributed by atoms with Gasteiger partial charge in [-0.1, -0.05) is 26.0 Å². The molecule has 0 saturated carbocycles. The highest BCUT2D eigenvalue weighted by Crippen LogP contribution is 2.23. The Balaban J connectivity index is 2.35. The van der Waals surface area contributed by atoms with Crippen molar-refractivity contribution in [2.45, 2.75) is 40.0 Å². The Hall–Kier alpha value is -2.54. The lowest BCUT2D eigenvalue weighted by Gasteiger charge is -2.16. The second-order valence-corrected chi connectivity index (χ2v) is 6.50. The second kappa shape index (κ2) is 7.35. The van der Waals surface area contributed by atoms with Gasteiger partial charge in [0.2, 0.25) is 0 Å². The SMILES string of the molecule is Cc1cc(C(=O)N(C)CCC#N)c(C)n1-c1ccc(C(C)C)cc1. The smallest absolute Gasteiger partial charge is 0.255 e. The van der Waals surface area contributed by atoms with Crippen molar-refractivity contribution in [3.05, 3.63) is 52.8 Å². The fourth-order valence-corrected chi connectivity index (χ4v) is 2.91. The maximum absolute atomic E-state index is 12.6. The predicted octanol–water partition coefficient (Wildman–Crippen LogP) is 4.20. The highest BCUT2D eigenvalue weighted by molar-refractivity contribution is 5.95. The van der Waals surface area contributed by atoms with Gasteiger partial charge in [-0.15, -0.1) is 0 Å². The standard InChI is InChI=1S/C20H25N3O/c1-14(2)17-7-9-18(10-8-17)23-15(3)13-19(16(23)4)20(24)22(5)12-6-11-21/h7-10,13-14H,6,12H2,1-5H3. The van der Waals surface area contributed by atoms with Crippen LogP contribution in [-0.2, 0) is 0 Å². The molecule has 0 aliphatic rings. The van der Waals surface area contributed by atoms with Crippen LogP contribution < -0.4 is 0 Å². The molecule has 0 atom stereocenters. The van der Waals surface area contributed by atoms with Gasteiger partial charge in [-0.05, 0) is 43.5 Å². The van der Waals surface area contributed by atoms with Crippen molar-refractivity contribution < 1.29 is 4.79 Å². The van der Waals surface area contributed by atoms with Gasteiger partial charge in [0.1, 0.15) is 0 Å². The average molecular weight is 323 g/mol. The predicted molar refractivity (Wildman–Crippen MR) is 96.5 cm³/mol. The van der Waals surface area contributed by atoms with Crippen LogP contribution in [0.3, 0.4) is 0 Å². The molecule has 4 heteroatoms. The van der Waals surface area contributed by atoms with E-state index in [4.69, 9.17) is 5.26 Å². The van der Waals surface area contributed by atoms with E-state index in [1.165, 1.54) is 5.56 Å². The van der Waals surface area contributed by atoms with Crippen LogP contribution in [0.25, 0.3) is 5.69 Å². The van der Waals surface area contributed by atoms with Crippen LogP contribution in [0.5, 0.6) is 0 Å². The van der Waals surface area contributed by atoms with E-state index in [0.29, 0.717) is 24.4 Å². The van der Waals surface area contributed by atoms with E-state index >= 15 is 0 Å². The third kappa shape index (κ3) is 3.51. The topological polar surface area (TPSA) is 49.0 Å². The van der Waals surface area contributed by atoms with Crippen molar-refractivity contribution >= 4 is 5.91 Å². The fraction of sp³-hybridized carbons (Fsp3) is 0.400.